The van der Waals surface area contributed by atoms with Crippen molar-refractivity contribution in [1.29, 1.82) is 5.41 Å². The molecular formula is C7H13N3O2. The zero-order valence-electron chi connectivity index (χ0n) is 7.47. The van der Waals surface area contributed by atoms with E-state index in [9.17, 15) is 4.79 Å². The van der Waals surface area contributed by atoms with Gasteiger partial charge in [0.05, 0.1) is 12.3 Å². The van der Waals surface area contributed by atoms with Crippen molar-refractivity contribution in [2.45, 2.75) is 13.8 Å². The summed E-state index contributed by atoms with van der Waals surface area (Å²) in [5, 5.41) is 10.9. The first-order valence-electron chi connectivity index (χ1n) is 3.60. The predicted octanol–water partition coefficient (Wildman–Crippen LogP) is 0.165. The number of ether oxygens (including phenoxy) is 1. The van der Waals surface area contributed by atoms with Gasteiger partial charge in [0.25, 0.3) is 0 Å². The third-order valence-electron chi connectivity index (χ3n) is 1.12. The van der Waals surface area contributed by atoms with Crippen LogP contribution < -0.4 is 5.43 Å². The molecule has 0 aromatic heterocycles. The largest absolute Gasteiger partial charge is 0.461 e. The predicted molar refractivity (Wildman–Crippen MR) is 46.5 cm³/mol. The van der Waals surface area contributed by atoms with Gasteiger partial charge in [-0.2, -0.15) is 5.10 Å². The standard InChI is InChI=1S/C7H13N3O2/c1-4-12-7(11)6(8)5(2)10-9-3/h8-9H,4H2,1-3H3/b8-6?,10-5-. The summed E-state index contributed by atoms with van der Waals surface area (Å²) in [5.74, 6) is -0.644. The van der Waals surface area contributed by atoms with Crippen molar-refractivity contribution < 1.29 is 9.53 Å². The fourth-order valence-corrected chi connectivity index (χ4v) is 0.575. The molecule has 0 aromatic rings. The van der Waals surface area contributed by atoms with Crippen LogP contribution in [-0.4, -0.2) is 31.0 Å². The Balaban J connectivity index is 4.19. The highest BCUT2D eigenvalue weighted by Gasteiger charge is 2.12. The summed E-state index contributed by atoms with van der Waals surface area (Å²) in [6.45, 7) is 3.53. The topological polar surface area (TPSA) is 74.5 Å². The summed E-state index contributed by atoms with van der Waals surface area (Å²) in [7, 11) is 1.60. The van der Waals surface area contributed by atoms with Crippen molar-refractivity contribution >= 4 is 17.4 Å². The van der Waals surface area contributed by atoms with Gasteiger partial charge >= 0.3 is 5.97 Å². The van der Waals surface area contributed by atoms with Crippen molar-refractivity contribution in [1.82, 2.24) is 5.43 Å². The molecule has 0 aliphatic heterocycles. The van der Waals surface area contributed by atoms with Gasteiger partial charge in [0.2, 0.25) is 0 Å². The minimum atomic E-state index is -0.644. The molecule has 0 bridgehead atoms. The number of nitrogens with one attached hydrogen (secondary N) is 2. The van der Waals surface area contributed by atoms with E-state index in [0.717, 1.165) is 0 Å². The average molecular weight is 171 g/mol. The van der Waals surface area contributed by atoms with Crippen LogP contribution in [0, 0.1) is 5.41 Å². The summed E-state index contributed by atoms with van der Waals surface area (Å²) >= 11 is 0. The third-order valence-corrected chi connectivity index (χ3v) is 1.12. The first-order valence-corrected chi connectivity index (χ1v) is 3.60. The number of esters is 1. The number of rotatable bonds is 4. The summed E-state index contributed by atoms with van der Waals surface area (Å²) in [6.07, 6.45) is 0. The quantitative estimate of drug-likeness (QED) is 0.359. The molecule has 0 aliphatic carbocycles. The Morgan fingerprint density at radius 2 is 2.25 bits per heavy atom. The van der Waals surface area contributed by atoms with E-state index < -0.39 is 5.97 Å². The Kier molecular flexibility index (Phi) is 4.67. The monoisotopic (exact) mass is 171 g/mol. The molecule has 2 N–H and O–H groups in total. The van der Waals surface area contributed by atoms with E-state index in [1.807, 2.05) is 0 Å². The van der Waals surface area contributed by atoms with E-state index in [1.54, 1.807) is 20.9 Å². The van der Waals surface area contributed by atoms with Crippen molar-refractivity contribution in [2.24, 2.45) is 5.10 Å². The van der Waals surface area contributed by atoms with Crippen LogP contribution in [-0.2, 0) is 9.53 Å². The molecule has 0 aromatic carbocycles. The van der Waals surface area contributed by atoms with Crippen molar-refractivity contribution in [3.05, 3.63) is 0 Å². The smallest absolute Gasteiger partial charge is 0.358 e. The molecule has 0 saturated heterocycles. The number of hydrogen-bond donors (Lipinski definition) is 2. The van der Waals surface area contributed by atoms with Crippen LogP contribution in [0.3, 0.4) is 0 Å². The SMILES string of the molecule is CCOC(=O)C(=N)/C(C)=N\NC. The van der Waals surface area contributed by atoms with Gasteiger partial charge in [0.15, 0.2) is 5.71 Å². The zero-order chi connectivity index (χ0) is 9.56. The Morgan fingerprint density at radius 1 is 1.67 bits per heavy atom. The molecule has 0 spiro atoms. The van der Waals surface area contributed by atoms with E-state index >= 15 is 0 Å². The normalized spacial score (nSPS) is 10.8. The molecule has 0 radical (unpaired) electrons. The Hall–Kier alpha value is -1.39. The fourth-order valence-electron chi connectivity index (χ4n) is 0.575. The molecular weight excluding hydrogens is 158 g/mol. The van der Waals surface area contributed by atoms with Crippen molar-refractivity contribution in [3.8, 4) is 0 Å². The summed E-state index contributed by atoms with van der Waals surface area (Å²) < 4.78 is 4.60. The number of hydrazone groups is 1. The molecule has 0 amide bonds. The van der Waals surface area contributed by atoms with Crippen LogP contribution in [0.15, 0.2) is 5.10 Å². The van der Waals surface area contributed by atoms with Gasteiger partial charge < -0.3 is 10.2 Å². The summed E-state index contributed by atoms with van der Waals surface area (Å²) in [6, 6.07) is 0. The second-order valence-corrected chi connectivity index (χ2v) is 2.02. The zero-order valence-corrected chi connectivity index (χ0v) is 7.47. The minimum Gasteiger partial charge on any atom is -0.461 e. The summed E-state index contributed by atoms with van der Waals surface area (Å²) in [4.78, 5) is 10.9. The summed E-state index contributed by atoms with van der Waals surface area (Å²) in [5.41, 5.74) is 2.58. The van der Waals surface area contributed by atoms with E-state index in [1.165, 1.54) is 0 Å². The van der Waals surface area contributed by atoms with Crippen LogP contribution >= 0.6 is 0 Å². The molecule has 0 saturated carbocycles. The van der Waals surface area contributed by atoms with Gasteiger partial charge in [0, 0.05) is 7.05 Å². The fraction of sp³-hybridized carbons (Fsp3) is 0.571. The van der Waals surface area contributed by atoms with Crippen molar-refractivity contribution in [2.75, 3.05) is 13.7 Å². The molecule has 0 fully saturated rings. The number of carbonyl (C=O) groups is 1. The van der Waals surface area contributed by atoms with Crippen LogP contribution in [0.2, 0.25) is 0 Å². The lowest BCUT2D eigenvalue weighted by molar-refractivity contribution is -0.134. The second kappa shape index (κ2) is 5.29. The van der Waals surface area contributed by atoms with E-state index in [0.29, 0.717) is 5.71 Å². The average Bonchev–Trinajstić information content (AvgIpc) is 2.04. The molecule has 0 rings (SSSR count). The lowest BCUT2D eigenvalue weighted by atomic mass is 10.2. The van der Waals surface area contributed by atoms with Crippen molar-refractivity contribution in [3.63, 3.8) is 0 Å². The highest BCUT2D eigenvalue weighted by Crippen LogP contribution is 1.85. The van der Waals surface area contributed by atoms with Gasteiger partial charge in [-0.1, -0.05) is 0 Å². The van der Waals surface area contributed by atoms with Crippen LogP contribution in [0.5, 0.6) is 0 Å². The van der Waals surface area contributed by atoms with Crippen LogP contribution in [0.1, 0.15) is 13.8 Å². The first kappa shape index (κ1) is 10.6. The lowest BCUT2D eigenvalue weighted by Gasteiger charge is -2.01. The van der Waals surface area contributed by atoms with E-state index in [2.05, 4.69) is 15.3 Å². The Bertz CT molecular complexity index is 211. The molecule has 0 atom stereocenters. The van der Waals surface area contributed by atoms with Gasteiger partial charge in [-0.25, -0.2) is 4.79 Å². The van der Waals surface area contributed by atoms with Gasteiger partial charge in [-0.05, 0) is 13.8 Å². The highest BCUT2D eigenvalue weighted by molar-refractivity contribution is 6.64. The third kappa shape index (κ3) is 3.14. The van der Waals surface area contributed by atoms with Gasteiger partial charge in [0.1, 0.15) is 0 Å². The number of nitrogens with zero attached hydrogens (tertiary/aromatic N) is 1. The van der Waals surface area contributed by atoms with Gasteiger partial charge in [-0.15, -0.1) is 0 Å². The number of carbonyl (C=O) groups excluding carboxylic acids is 1. The molecule has 5 nitrogen and oxygen atoms in total. The van der Waals surface area contributed by atoms with E-state index in [-0.39, 0.29) is 12.3 Å². The Labute approximate surface area is 71.3 Å². The molecule has 12 heavy (non-hydrogen) atoms. The van der Waals surface area contributed by atoms with Crippen LogP contribution in [0.25, 0.3) is 0 Å². The maximum Gasteiger partial charge on any atom is 0.358 e. The lowest BCUT2D eigenvalue weighted by Crippen LogP contribution is -2.24. The second-order valence-electron chi connectivity index (χ2n) is 2.02. The number of hydrogen-bond acceptors (Lipinski definition) is 5. The molecule has 5 heteroatoms. The minimum absolute atomic E-state index is 0.216. The van der Waals surface area contributed by atoms with E-state index in [4.69, 9.17) is 5.41 Å². The van der Waals surface area contributed by atoms with Gasteiger partial charge in [-0.3, -0.25) is 5.41 Å². The first-order chi connectivity index (χ1) is 5.63. The molecule has 0 heterocycles. The Morgan fingerprint density at radius 3 is 2.67 bits per heavy atom. The molecule has 68 valence electrons. The van der Waals surface area contributed by atoms with Crippen LogP contribution in [0.4, 0.5) is 0 Å². The highest BCUT2D eigenvalue weighted by atomic mass is 16.5. The maximum absolute atomic E-state index is 10.9. The maximum atomic E-state index is 10.9. The molecule has 0 unspecified atom stereocenters. The molecule has 0 aliphatic rings.